The molecule has 25 heavy (non-hydrogen) atoms. The molecular weight excluding hydrogens is 342 g/mol. The molecule has 1 saturated carbocycles. The van der Waals surface area contributed by atoms with Gasteiger partial charge >= 0.3 is 0 Å². The summed E-state index contributed by atoms with van der Waals surface area (Å²) in [5, 5.41) is 8.00. The van der Waals surface area contributed by atoms with Gasteiger partial charge < -0.3 is 15.8 Å². The molecule has 8 heteroatoms. The first kappa shape index (κ1) is 18.3. The lowest BCUT2D eigenvalue weighted by Gasteiger charge is -2.65. The number of primary sulfonamides is 1. The van der Waals surface area contributed by atoms with E-state index in [1.165, 1.54) is 6.07 Å². The van der Waals surface area contributed by atoms with E-state index in [1.54, 1.807) is 19.1 Å². The van der Waals surface area contributed by atoms with Gasteiger partial charge in [-0.05, 0) is 37.5 Å². The molecule has 1 heterocycles. The number of ether oxygens (including phenoxy) is 1. The van der Waals surface area contributed by atoms with Gasteiger partial charge in [0.15, 0.2) is 0 Å². The number of anilines is 1. The minimum atomic E-state index is -3.86. The maximum absolute atomic E-state index is 13.0. The number of aryl methyl sites for hydroxylation is 1. The van der Waals surface area contributed by atoms with Crippen LogP contribution >= 0.6 is 0 Å². The zero-order chi connectivity index (χ0) is 18.6. The Kier molecular flexibility index (Phi) is 4.23. The zero-order valence-corrected chi connectivity index (χ0v) is 15.5. The van der Waals surface area contributed by atoms with E-state index in [1.807, 2.05) is 13.8 Å². The Bertz CT molecular complexity index is 821. The Morgan fingerprint density at radius 1 is 1.36 bits per heavy atom. The molecule has 1 aliphatic heterocycles. The van der Waals surface area contributed by atoms with Crippen molar-refractivity contribution in [2.75, 3.05) is 11.9 Å². The van der Waals surface area contributed by atoms with E-state index in [4.69, 9.17) is 15.6 Å². The fourth-order valence-corrected chi connectivity index (χ4v) is 5.06. The molecular formula is C17H25N3O4S. The minimum Gasteiger partial charge on any atom is -0.377 e. The van der Waals surface area contributed by atoms with E-state index >= 15 is 0 Å². The van der Waals surface area contributed by atoms with Crippen LogP contribution in [-0.4, -0.2) is 32.6 Å². The Morgan fingerprint density at radius 3 is 2.68 bits per heavy atom. The monoisotopic (exact) mass is 367 g/mol. The normalized spacial score (nSPS) is 30.9. The molecule has 1 aliphatic carbocycles. The fourth-order valence-electron chi connectivity index (χ4n) is 4.26. The van der Waals surface area contributed by atoms with E-state index in [9.17, 15) is 13.2 Å². The van der Waals surface area contributed by atoms with Gasteiger partial charge in [-0.25, -0.2) is 13.6 Å². The molecule has 3 rings (SSSR count). The molecule has 5 N–H and O–H groups in total. The summed E-state index contributed by atoms with van der Waals surface area (Å²) in [6, 6.07) is 4.62. The number of hydrogen-bond donors (Lipinski definition) is 3. The van der Waals surface area contributed by atoms with Gasteiger partial charge in [0.25, 0.3) is 0 Å². The number of nitrogens with one attached hydrogen (secondary N) is 1. The predicted molar refractivity (Wildman–Crippen MR) is 94.3 cm³/mol. The smallest absolute Gasteiger partial charge is 0.245 e. The van der Waals surface area contributed by atoms with Crippen molar-refractivity contribution in [3.05, 3.63) is 23.8 Å². The van der Waals surface area contributed by atoms with Crippen LogP contribution in [0.2, 0.25) is 0 Å². The molecule has 0 radical (unpaired) electrons. The topological polar surface area (TPSA) is 125 Å². The summed E-state index contributed by atoms with van der Waals surface area (Å²) in [6.45, 7) is 6.21. The van der Waals surface area contributed by atoms with Crippen LogP contribution < -0.4 is 16.2 Å². The zero-order valence-electron chi connectivity index (χ0n) is 14.7. The third-order valence-corrected chi connectivity index (χ3v) is 6.87. The summed E-state index contributed by atoms with van der Waals surface area (Å²) >= 11 is 0. The van der Waals surface area contributed by atoms with Gasteiger partial charge in [0.2, 0.25) is 15.9 Å². The molecule has 1 amide bonds. The first-order valence-corrected chi connectivity index (χ1v) is 9.89. The number of fused-ring (bicyclic) bond motifs is 1. The van der Waals surface area contributed by atoms with E-state index in [0.717, 1.165) is 12.8 Å². The van der Waals surface area contributed by atoms with Crippen LogP contribution in [0.15, 0.2) is 23.1 Å². The molecule has 2 fully saturated rings. The van der Waals surface area contributed by atoms with E-state index < -0.39 is 21.0 Å². The number of carbonyl (C=O) groups is 1. The second-order valence-electron chi connectivity index (χ2n) is 7.61. The molecule has 138 valence electrons. The Hall–Kier alpha value is -1.48. The summed E-state index contributed by atoms with van der Waals surface area (Å²) in [5.41, 5.74) is 5.86. The van der Waals surface area contributed by atoms with Gasteiger partial charge in [-0.15, -0.1) is 0 Å². The Balaban J connectivity index is 1.88. The third kappa shape index (κ3) is 2.68. The number of benzene rings is 1. The summed E-state index contributed by atoms with van der Waals surface area (Å²) < 4.78 is 29.2. The quantitative estimate of drug-likeness (QED) is 0.738. The maximum Gasteiger partial charge on any atom is 0.245 e. The Labute approximate surface area is 148 Å². The molecule has 3 atom stereocenters. The first-order valence-electron chi connectivity index (χ1n) is 8.35. The molecule has 0 bridgehead atoms. The van der Waals surface area contributed by atoms with Crippen LogP contribution in [0.3, 0.4) is 0 Å². The van der Waals surface area contributed by atoms with Crippen LogP contribution in [0.1, 0.15) is 32.3 Å². The van der Waals surface area contributed by atoms with Crippen molar-refractivity contribution in [1.82, 2.24) is 0 Å². The van der Waals surface area contributed by atoms with Gasteiger partial charge in [-0.2, -0.15) is 0 Å². The first-order chi connectivity index (χ1) is 11.5. The lowest BCUT2D eigenvalue weighted by Crippen LogP contribution is -2.81. The van der Waals surface area contributed by atoms with Crippen LogP contribution in [0.5, 0.6) is 0 Å². The molecule has 7 nitrogen and oxygen atoms in total. The summed E-state index contributed by atoms with van der Waals surface area (Å²) in [4.78, 5) is 12.9. The fraction of sp³-hybridized carbons (Fsp3) is 0.588. The lowest BCUT2D eigenvalue weighted by atomic mass is 9.46. The van der Waals surface area contributed by atoms with Gasteiger partial charge in [-0.3, -0.25) is 4.79 Å². The van der Waals surface area contributed by atoms with Crippen molar-refractivity contribution in [2.45, 2.75) is 50.2 Å². The molecule has 0 spiro atoms. The average Bonchev–Trinajstić information content (AvgIpc) is 2.54. The van der Waals surface area contributed by atoms with Gasteiger partial charge in [0.1, 0.15) is 5.54 Å². The number of amides is 1. The van der Waals surface area contributed by atoms with Crippen molar-refractivity contribution in [1.29, 1.82) is 0 Å². The van der Waals surface area contributed by atoms with Gasteiger partial charge in [0, 0.05) is 23.6 Å². The molecule has 0 aromatic heterocycles. The SMILES string of the molecule is Cc1ccc(NC(=O)C2(N)C3CCCOC3C2(C)C)cc1S(N)(=O)=O. The summed E-state index contributed by atoms with van der Waals surface area (Å²) in [5.74, 6) is -0.368. The molecule has 1 saturated heterocycles. The van der Waals surface area contributed by atoms with Crippen molar-refractivity contribution in [3.63, 3.8) is 0 Å². The standard InChI is InChI=1S/C17H25N3O4S/c1-10-6-7-11(9-13(10)25(19,22)23)20-15(21)17(18)12-5-4-8-24-14(12)16(17,2)3/h6-7,9,12,14H,4-5,8,18H2,1-3H3,(H,20,21)(H2,19,22,23). The highest BCUT2D eigenvalue weighted by Crippen LogP contribution is 2.57. The average molecular weight is 367 g/mol. The summed E-state index contributed by atoms with van der Waals surface area (Å²) in [7, 11) is -3.86. The van der Waals surface area contributed by atoms with Crippen LogP contribution in [0.25, 0.3) is 0 Å². The molecule has 3 unspecified atom stereocenters. The number of sulfonamides is 1. The van der Waals surface area contributed by atoms with E-state index in [0.29, 0.717) is 17.9 Å². The second kappa shape index (κ2) is 5.77. The van der Waals surface area contributed by atoms with Crippen molar-refractivity contribution >= 4 is 21.6 Å². The highest BCUT2D eigenvalue weighted by molar-refractivity contribution is 7.89. The highest BCUT2D eigenvalue weighted by Gasteiger charge is 2.70. The largest absolute Gasteiger partial charge is 0.377 e. The van der Waals surface area contributed by atoms with Gasteiger partial charge in [-0.1, -0.05) is 19.9 Å². The lowest BCUT2D eigenvalue weighted by molar-refractivity contribution is -0.222. The van der Waals surface area contributed by atoms with Crippen LogP contribution in [0.4, 0.5) is 5.69 Å². The highest BCUT2D eigenvalue weighted by atomic mass is 32.2. The molecule has 1 aromatic carbocycles. The second-order valence-corrected chi connectivity index (χ2v) is 9.14. The number of carbonyl (C=O) groups excluding carboxylic acids is 1. The van der Waals surface area contributed by atoms with Crippen molar-refractivity contribution in [2.24, 2.45) is 22.2 Å². The predicted octanol–water partition coefficient (Wildman–Crippen LogP) is 1.11. The van der Waals surface area contributed by atoms with Crippen molar-refractivity contribution in [3.8, 4) is 0 Å². The number of nitrogens with two attached hydrogens (primary N) is 2. The van der Waals surface area contributed by atoms with E-state index in [-0.39, 0.29) is 22.8 Å². The van der Waals surface area contributed by atoms with Gasteiger partial charge in [0.05, 0.1) is 11.0 Å². The Morgan fingerprint density at radius 2 is 2.04 bits per heavy atom. The summed E-state index contributed by atoms with van der Waals surface area (Å²) in [6.07, 6.45) is 1.69. The molecule has 2 aliphatic rings. The molecule has 1 aromatic rings. The van der Waals surface area contributed by atoms with E-state index in [2.05, 4.69) is 5.32 Å². The van der Waals surface area contributed by atoms with Crippen LogP contribution in [-0.2, 0) is 19.6 Å². The van der Waals surface area contributed by atoms with Crippen molar-refractivity contribution < 1.29 is 17.9 Å². The minimum absolute atomic E-state index is 0.0110. The maximum atomic E-state index is 13.0. The number of hydrogen-bond acceptors (Lipinski definition) is 5. The third-order valence-electron chi connectivity index (χ3n) is 5.81. The number of rotatable bonds is 3. The van der Waals surface area contributed by atoms with Crippen LogP contribution in [0, 0.1) is 18.3 Å².